The van der Waals surface area contributed by atoms with Crippen molar-refractivity contribution in [2.45, 2.75) is 6.54 Å². The van der Waals surface area contributed by atoms with Crippen LogP contribution in [-0.4, -0.2) is 47.4 Å². The molecule has 88 valence electrons. The molecule has 0 radical (unpaired) electrons. The Morgan fingerprint density at radius 2 is 2.38 bits per heavy atom. The number of aromatic nitrogens is 1. The topological polar surface area (TPSA) is 58.4 Å². The Balaban J connectivity index is 2.01. The second kappa shape index (κ2) is 5.36. The predicted octanol–water partition coefficient (Wildman–Crippen LogP) is 0.583. The molecular weight excluding hydrogens is 226 g/mol. The van der Waals surface area contributed by atoms with Crippen molar-refractivity contribution < 1.29 is 9.21 Å². The van der Waals surface area contributed by atoms with Gasteiger partial charge in [-0.05, 0) is 7.05 Å². The Morgan fingerprint density at radius 1 is 1.62 bits per heavy atom. The summed E-state index contributed by atoms with van der Waals surface area (Å²) in [7, 11) is 1.81. The minimum atomic E-state index is -0.0218. The molecule has 1 amide bonds. The van der Waals surface area contributed by atoms with Crippen molar-refractivity contribution in [2.75, 3.05) is 31.6 Å². The van der Waals surface area contributed by atoms with Gasteiger partial charge >= 0.3 is 0 Å². The minimum absolute atomic E-state index is 0.0218. The normalized spacial score (nSPS) is 16.4. The number of hydrogen-bond donors (Lipinski definition) is 1. The van der Waals surface area contributed by atoms with Crippen molar-refractivity contribution in [3.63, 3.8) is 0 Å². The molecule has 0 aliphatic carbocycles. The Kier molecular flexibility index (Phi) is 3.84. The zero-order valence-electron chi connectivity index (χ0n) is 9.23. The summed E-state index contributed by atoms with van der Waals surface area (Å²) in [5, 5.41) is 2.93. The Bertz CT molecular complexity index is 361. The predicted molar refractivity (Wildman–Crippen MR) is 62.5 cm³/mol. The molecule has 2 heterocycles. The van der Waals surface area contributed by atoms with Crippen LogP contribution in [0.4, 0.5) is 0 Å². The molecule has 0 bridgehead atoms. The number of amides is 1. The highest BCUT2D eigenvalue weighted by molar-refractivity contribution is 7.99. The van der Waals surface area contributed by atoms with E-state index in [1.807, 2.05) is 23.7 Å². The first kappa shape index (κ1) is 11.5. The zero-order valence-corrected chi connectivity index (χ0v) is 10.0. The van der Waals surface area contributed by atoms with E-state index in [0.29, 0.717) is 18.1 Å². The fourth-order valence-corrected chi connectivity index (χ4v) is 2.47. The molecule has 1 aliphatic heterocycles. The number of carbonyl (C=O) groups excluding carboxylic acids is 1. The molecule has 1 aliphatic rings. The number of hydrogen-bond acceptors (Lipinski definition) is 5. The van der Waals surface area contributed by atoms with Crippen LogP contribution >= 0.6 is 11.8 Å². The van der Waals surface area contributed by atoms with Crippen LogP contribution in [0, 0.1) is 0 Å². The Labute approximate surface area is 98.6 Å². The van der Waals surface area contributed by atoms with Gasteiger partial charge in [-0.3, -0.25) is 4.79 Å². The molecule has 5 nitrogen and oxygen atoms in total. The van der Waals surface area contributed by atoms with Crippen LogP contribution in [0.3, 0.4) is 0 Å². The molecule has 1 fully saturated rings. The van der Waals surface area contributed by atoms with Crippen LogP contribution in [0.5, 0.6) is 0 Å². The van der Waals surface area contributed by atoms with Crippen LogP contribution < -0.4 is 5.32 Å². The maximum absolute atomic E-state index is 12.0. The van der Waals surface area contributed by atoms with Crippen molar-refractivity contribution in [1.29, 1.82) is 0 Å². The zero-order chi connectivity index (χ0) is 11.4. The highest BCUT2D eigenvalue weighted by Gasteiger charge is 2.21. The van der Waals surface area contributed by atoms with Gasteiger partial charge in [-0.1, -0.05) is 0 Å². The number of oxazole rings is 1. The highest BCUT2D eigenvalue weighted by Crippen LogP contribution is 2.12. The third-order valence-corrected chi connectivity index (χ3v) is 3.34. The summed E-state index contributed by atoms with van der Waals surface area (Å²) in [6, 6.07) is 0. The quantitative estimate of drug-likeness (QED) is 0.839. The summed E-state index contributed by atoms with van der Waals surface area (Å²) in [6.07, 6.45) is 1.44. The van der Waals surface area contributed by atoms with Gasteiger partial charge in [0.2, 0.25) is 5.89 Å². The molecule has 1 aromatic rings. The lowest BCUT2D eigenvalue weighted by Gasteiger charge is -2.25. The third kappa shape index (κ3) is 2.56. The van der Waals surface area contributed by atoms with Gasteiger partial charge in [0.15, 0.2) is 5.69 Å². The fourth-order valence-electron chi connectivity index (χ4n) is 1.57. The minimum Gasteiger partial charge on any atom is -0.447 e. The van der Waals surface area contributed by atoms with Gasteiger partial charge in [0.1, 0.15) is 6.26 Å². The van der Waals surface area contributed by atoms with E-state index in [9.17, 15) is 4.79 Å². The summed E-state index contributed by atoms with van der Waals surface area (Å²) in [5.41, 5.74) is 0.414. The second-order valence-corrected chi connectivity index (χ2v) is 4.79. The van der Waals surface area contributed by atoms with Crippen LogP contribution in [0.25, 0.3) is 0 Å². The Morgan fingerprint density at radius 3 is 3.06 bits per heavy atom. The molecule has 1 saturated heterocycles. The summed E-state index contributed by atoms with van der Waals surface area (Å²) in [4.78, 5) is 18.0. The van der Waals surface area contributed by atoms with Gasteiger partial charge in [0, 0.05) is 24.6 Å². The van der Waals surface area contributed by atoms with Crippen LogP contribution in [0.2, 0.25) is 0 Å². The van der Waals surface area contributed by atoms with E-state index >= 15 is 0 Å². The molecule has 0 atom stereocenters. The van der Waals surface area contributed by atoms with Crippen LogP contribution in [-0.2, 0) is 6.54 Å². The number of nitrogens with zero attached hydrogens (tertiary/aromatic N) is 2. The third-order valence-electron chi connectivity index (χ3n) is 2.40. The van der Waals surface area contributed by atoms with Crippen molar-refractivity contribution in [3.8, 4) is 0 Å². The summed E-state index contributed by atoms with van der Waals surface area (Å²) in [6.45, 7) is 2.15. The summed E-state index contributed by atoms with van der Waals surface area (Å²) < 4.78 is 5.19. The van der Waals surface area contributed by atoms with Crippen molar-refractivity contribution >= 4 is 17.7 Å². The molecule has 16 heavy (non-hydrogen) atoms. The average Bonchev–Trinajstić information content (AvgIpc) is 2.78. The largest absolute Gasteiger partial charge is 0.447 e. The molecule has 1 N–H and O–H groups in total. The molecule has 1 aromatic heterocycles. The lowest BCUT2D eigenvalue weighted by molar-refractivity contribution is 0.0766. The monoisotopic (exact) mass is 241 g/mol. The van der Waals surface area contributed by atoms with Gasteiger partial charge in [0.05, 0.1) is 6.54 Å². The van der Waals surface area contributed by atoms with Gasteiger partial charge in [-0.15, -0.1) is 0 Å². The fraction of sp³-hybridized carbons (Fsp3) is 0.600. The number of rotatable bonds is 3. The highest BCUT2D eigenvalue weighted by atomic mass is 32.2. The molecule has 0 aromatic carbocycles. The van der Waals surface area contributed by atoms with E-state index in [1.54, 1.807) is 0 Å². The number of nitrogens with one attached hydrogen (secondary N) is 1. The average molecular weight is 241 g/mol. The Hall–Kier alpha value is -1.01. The van der Waals surface area contributed by atoms with E-state index in [1.165, 1.54) is 6.26 Å². The van der Waals surface area contributed by atoms with Crippen molar-refractivity contribution in [1.82, 2.24) is 15.2 Å². The lowest BCUT2D eigenvalue weighted by atomic mass is 10.4. The first-order valence-corrected chi connectivity index (χ1v) is 6.43. The van der Waals surface area contributed by atoms with E-state index in [-0.39, 0.29) is 5.91 Å². The van der Waals surface area contributed by atoms with E-state index in [2.05, 4.69) is 10.3 Å². The van der Waals surface area contributed by atoms with Crippen molar-refractivity contribution in [3.05, 3.63) is 17.8 Å². The van der Waals surface area contributed by atoms with E-state index < -0.39 is 0 Å². The molecule has 2 rings (SSSR count). The molecule has 0 spiro atoms. The lowest BCUT2D eigenvalue weighted by Crippen LogP contribution is -2.38. The smallest absolute Gasteiger partial charge is 0.275 e. The standard InChI is InChI=1S/C10H15N3O2S/c1-11-6-9-12-8(7-15-9)10(14)13-2-4-16-5-3-13/h7,11H,2-6H2,1H3. The van der Waals surface area contributed by atoms with Gasteiger partial charge in [0.25, 0.3) is 5.91 Å². The van der Waals surface area contributed by atoms with Gasteiger partial charge < -0.3 is 14.6 Å². The first-order chi connectivity index (χ1) is 7.81. The second-order valence-electron chi connectivity index (χ2n) is 3.56. The molecule has 0 saturated carbocycles. The summed E-state index contributed by atoms with van der Waals surface area (Å²) in [5.74, 6) is 2.54. The summed E-state index contributed by atoms with van der Waals surface area (Å²) >= 11 is 1.88. The van der Waals surface area contributed by atoms with E-state index in [0.717, 1.165) is 24.6 Å². The van der Waals surface area contributed by atoms with Crippen LogP contribution in [0.15, 0.2) is 10.7 Å². The maximum atomic E-state index is 12.0. The number of thioether (sulfide) groups is 1. The van der Waals surface area contributed by atoms with Crippen LogP contribution in [0.1, 0.15) is 16.4 Å². The molecule has 6 heteroatoms. The molecule has 0 unspecified atom stereocenters. The van der Waals surface area contributed by atoms with Gasteiger partial charge in [-0.2, -0.15) is 11.8 Å². The maximum Gasteiger partial charge on any atom is 0.275 e. The SMILES string of the molecule is CNCc1nc(C(=O)N2CCSCC2)co1. The van der Waals surface area contributed by atoms with Crippen molar-refractivity contribution in [2.24, 2.45) is 0 Å². The first-order valence-electron chi connectivity index (χ1n) is 5.27. The van der Waals surface area contributed by atoms with Gasteiger partial charge in [-0.25, -0.2) is 4.98 Å². The number of carbonyl (C=O) groups is 1. The van der Waals surface area contributed by atoms with E-state index in [4.69, 9.17) is 4.42 Å². The molecular formula is C10H15N3O2S.